The monoisotopic (exact) mass is 540 g/mol. The van der Waals surface area contributed by atoms with Gasteiger partial charge in [-0.1, -0.05) is 97.3 Å². The summed E-state index contributed by atoms with van der Waals surface area (Å²) >= 11 is 0. The molecule has 1 aromatic rings. The molecule has 0 aliphatic carbocycles. The van der Waals surface area contributed by atoms with Crippen LogP contribution in [0.4, 0.5) is 0 Å². The van der Waals surface area contributed by atoms with Gasteiger partial charge in [0.15, 0.2) is 0 Å². The minimum absolute atomic E-state index is 0.424. The summed E-state index contributed by atoms with van der Waals surface area (Å²) in [4.78, 5) is 0. The van der Waals surface area contributed by atoms with Gasteiger partial charge in [0.25, 0.3) is 5.82 Å². The van der Waals surface area contributed by atoms with E-state index in [4.69, 9.17) is 17.5 Å². The standard InChI is InChI=1S/C24H46N2O3S.H2O4S/c1-4-6-7-8-9-10-11-12-13-14-15-16-17-18-20-25-21-22-26(23(25)3)24(19-5-2)30(27,28)29;1-5(2,3)4/h21-22,24H,4-20H2,1-3H3;(H2,1,2,3,4). The highest BCUT2D eigenvalue weighted by atomic mass is 32.3. The third-order valence-corrected chi connectivity index (χ3v) is 7.29. The van der Waals surface area contributed by atoms with E-state index < -0.39 is 25.9 Å². The van der Waals surface area contributed by atoms with Crippen molar-refractivity contribution in [1.29, 1.82) is 0 Å². The van der Waals surface area contributed by atoms with Crippen molar-refractivity contribution in [1.82, 2.24) is 4.57 Å². The number of hydrogen-bond donors (Lipinski definition) is 2. The van der Waals surface area contributed by atoms with Crippen LogP contribution in [0, 0.1) is 6.92 Å². The lowest BCUT2D eigenvalue weighted by Crippen LogP contribution is -2.36. The molecule has 0 aliphatic rings. The molecule has 0 aromatic carbocycles. The Kier molecular flexibility index (Phi) is 18.6. The van der Waals surface area contributed by atoms with Crippen LogP contribution in [0.25, 0.3) is 0 Å². The van der Waals surface area contributed by atoms with Gasteiger partial charge in [-0.15, -0.1) is 0 Å². The van der Waals surface area contributed by atoms with E-state index in [0.717, 1.165) is 18.8 Å². The zero-order valence-corrected chi connectivity index (χ0v) is 23.5. The minimum Gasteiger partial charge on any atom is -0.726 e. The lowest BCUT2D eigenvalue weighted by molar-refractivity contribution is -0.702. The first-order chi connectivity index (χ1) is 16.4. The Morgan fingerprint density at radius 1 is 0.800 bits per heavy atom. The molecular weight excluding hydrogens is 492 g/mol. The van der Waals surface area contributed by atoms with Crippen LogP contribution in [0.2, 0.25) is 0 Å². The van der Waals surface area contributed by atoms with Crippen molar-refractivity contribution in [2.45, 2.75) is 135 Å². The molecule has 208 valence electrons. The van der Waals surface area contributed by atoms with Crippen LogP contribution in [-0.2, 0) is 27.1 Å². The van der Waals surface area contributed by atoms with E-state index in [9.17, 15) is 13.0 Å². The van der Waals surface area contributed by atoms with Gasteiger partial charge >= 0.3 is 10.1 Å². The Morgan fingerprint density at radius 3 is 1.57 bits per heavy atom. The predicted molar refractivity (Wildman–Crippen MR) is 137 cm³/mol. The molecule has 1 atom stereocenters. The third-order valence-electron chi connectivity index (χ3n) is 6.14. The molecule has 0 fully saturated rings. The molecule has 0 spiro atoms. The Hall–Kier alpha value is -1.01. The van der Waals surface area contributed by atoms with Crippen molar-refractivity contribution in [2.24, 2.45) is 0 Å². The second kappa shape index (κ2) is 19.1. The van der Waals surface area contributed by atoms with Crippen LogP contribution in [0.5, 0.6) is 0 Å². The zero-order valence-electron chi connectivity index (χ0n) is 21.9. The first kappa shape index (κ1) is 34.0. The molecular formula is C24H48N2O7S2. The smallest absolute Gasteiger partial charge is 0.307 e. The number of unbranched alkanes of at least 4 members (excludes halogenated alkanes) is 13. The predicted octanol–water partition coefficient (Wildman–Crippen LogP) is 5.76. The first-order valence-corrected chi connectivity index (χ1v) is 16.0. The molecule has 1 rings (SSSR count). The van der Waals surface area contributed by atoms with Crippen LogP contribution >= 0.6 is 0 Å². The highest BCUT2D eigenvalue weighted by Gasteiger charge is 2.31. The van der Waals surface area contributed by atoms with Crippen molar-refractivity contribution in [3.63, 3.8) is 0 Å². The lowest BCUT2D eigenvalue weighted by atomic mass is 10.0. The SMILES string of the molecule is CCCCCCCCCCCCCCCC[n+]1ccn(C(CCC)S(=O)(=O)O)c1C.O=S(=O)([O-])O. The fourth-order valence-corrected chi connectivity index (χ4v) is 5.26. The van der Waals surface area contributed by atoms with Gasteiger partial charge in [-0.25, -0.2) is 17.6 Å². The van der Waals surface area contributed by atoms with Crippen molar-refractivity contribution < 1.29 is 35.1 Å². The number of aryl methyl sites for hydroxylation is 1. The maximum absolute atomic E-state index is 11.7. The second-order valence-corrected chi connectivity index (χ2v) is 11.7. The van der Waals surface area contributed by atoms with E-state index in [1.165, 1.54) is 83.5 Å². The summed E-state index contributed by atoms with van der Waals surface area (Å²) in [6.07, 6.45) is 23.7. The summed E-state index contributed by atoms with van der Waals surface area (Å²) in [5.74, 6) is 0.890. The average molecular weight is 541 g/mol. The van der Waals surface area contributed by atoms with Crippen LogP contribution in [0.15, 0.2) is 12.4 Å². The maximum Gasteiger partial charge on any atom is 0.307 e. The van der Waals surface area contributed by atoms with E-state index in [0.29, 0.717) is 12.8 Å². The number of nitrogens with zero attached hydrogens (tertiary/aromatic N) is 2. The number of hydrogen-bond acceptors (Lipinski definition) is 5. The summed E-state index contributed by atoms with van der Waals surface area (Å²) in [6, 6.07) is 0. The number of rotatable bonds is 19. The molecule has 1 aromatic heterocycles. The van der Waals surface area contributed by atoms with Crippen LogP contribution < -0.4 is 4.57 Å². The number of aromatic nitrogens is 2. The lowest BCUT2D eigenvalue weighted by Gasteiger charge is -2.11. The van der Waals surface area contributed by atoms with Crippen LogP contribution in [0.3, 0.4) is 0 Å². The molecule has 2 N–H and O–H groups in total. The van der Waals surface area contributed by atoms with E-state index in [-0.39, 0.29) is 0 Å². The molecule has 0 radical (unpaired) electrons. The second-order valence-electron chi connectivity index (χ2n) is 9.23. The van der Waals surface area contributed by atoms with Gasteiger partial charge in [-0.3, -0.25) is 9.11 Å². The van der Waals surface area contributed by atoms with Gasteiger partial charge in [0, 0.05) is 13.3 Å². The Morgan fingerprint density at radius 2 is 1.20 bits per heavy atom. The molecule has 35 heavy (non-hydrogen) atoms. The summed E-state index contributed by atoms with van der Waals surface area (Å²) < 4.78 is 69.6. The maximum atomic E-state index is 11.7. The van der Waals surface area contributed by atoms with Gasteiger partial charge in [0.2, 0.25) is 15.8 Å². The number of imidazole rings is 1. The third kappa shape index (κ3) is 18.9. The molecule has 11 heteroatoms. The van der Waals surface area contributed by atoms with Gasteiger partial charge in [-0.2, -0.15) is 8.42 Å². The van der Waals surface area contributed by atoms with Gasteiger partial charge in [0.05, 0.1) is 6.54 Å². The first-order valence-electron chi connectivity index (χ1n) is 13.1. The van der Waals surface area contributed by atoms with E-state index in [2.05, 4.69) is 11.5 Å². The highest BCUT2D eigenvalue weighted by molar-refractivity contribution is 7.85. The molecule has 9 nitrogen and oxygen atoms in total. The summed E-state index contributed by atoms with van der Waals surface area (Å²) in [5, 5.41) is -0.875. The highest BCUT2D eigenvalue weighted by Crippen LogP contribution is 2.21. The Labute approximate surface area is 213 Å². The van der Waals surface area contributed by atoms with E-state index in [1.54, 1.807) is 10.8 Å². The minimum atomic E-state index is -4.92. The van der Waals surface area contributed by atoms with E-state index in [1.807, 2.05) is 20.0 Å². The molecule has 0 amide bonds. The Bertz CT molecular complexity index is 860. The molecule has 1 unspecified atom stereocenters. The Balaban J connectivity index is 0.00000209. The fraction of sp³-hybridized carbons (Fsp3) is 0.875. The van der Waals surface area contributed by atoms with Crippen molar-refractivity contribution in [3.05, 3.63) is 18.2 Å². The van der Waals surface area contributed by atoms with Crippen molar-refractivity contribution in [2.75, 3.05) is 0 Å². The summed E-state index contributed by atoms with van der Waals surface area (Å²) in [6.45, 7) is 7.03. The molecule has 0 bridgehead atoms. The van der Waals surface area contributed by atoms with Gasteiger partial charge < -0.3 is 4.55 Å². The van der Waals surface area contributed by atoms with Crippen LogP contribution in [-0.4, -0.2) is 35.1 Å². The zero-order chi connectivity index (χ0) is 26.7. The van der Waals surface area contributed by atoms with Crippen molar-refractivity contribution >= 4 is 20.5 Å². The molecule has 0 saturated heterocycles. The summed E-state index contributed by atoms with van der Waals surface area (Å²) in [5.41, 5.74) is 0. The molecule has 0 saturated carbocycles. The van der Waals surface area contributed by atoms with Crippen LogP contribution in [0.1, 0.15) is 128 Å². The summed E-state index contributed by atoms with van der Waals surface area (Å²) in [7, 11) is -9.01. The fourth-order valence-electron chi connectivity index (χ4n) is 4.21. The van der Waals surface area contributed by atoms with Crippen molar-refractivity contribution in [3.8, 4) is 0 Å². The normalized spacial score (nSPS) is 12.9. The van der Waals surface area contributed by atoms with Gasteiger partial charge in [0.1, 0.15) is 12.4 Å². The topological polar surface area (TPSA) is 141 Å². The average Bonchev–Trinajstić information content (AvgIpc) is 3.10. The largest absolute Gasteiger partial charge is 0.726 e. The molecule has 1 heterocycles. The quantitative estimate of drug-likeness (QED) is 0.0984. The van der Waals surface area contributed by atoms with Gasteiger partial charge in [-0.05, 0) is 12.8 Å². The van der Waals surface area contributed by atoms with E-state index >= 15 is 0 Å². The molecule has 0 aliphatic heterocycles.